The fourth-order valence-corrected chi connectivity index (χ4v) is 4.53. The number of pyridine rings is 1. The highest BCUT2D eigenvalue weighted by molar-refractivity contribution is 14.1. The van der Waals surface area contributed by atoms with Gasteiger partial charge in [-0.3, -0.25) is 4.79 Å². The Labute approximate surface area is 236 Å². The number of carboxylic acid groups (broad SMARTS) is 1. The number of hydrogen-bond donors (Lipinski definition) is 2. The van der Waals surface area contributed by atoms with Crippen LogP contribution in [0.15, 0.2) is 41.0 Å². The van der Waals surface area contributed by atoms with Crippen molar-refractivity contribution in [1.29, 1.82) is 0 Å². The molecule has 0 fully saturated rings. The van der Waals surface area contributed by atoms with Crippen molar-refractivity contribution < 1.29 is 36.6 Å². The van der Waals surface area contributed by atoms with Gasteiger partial charge in [0.15, 0.2) is 5.82 Å². The second-order valence-corrected chi connectivity index (χ2v) is 9.96. The van der Waals surface area contributed by atoms with E-state index in [1.807, 2.05) is 22.6 Å². The fourth-order valence-electron chi connectivity index (χ4n) is 3.33. The predicted molar refractivity (Wildman–Crippen MR) is 135 cm³/mol. The summed E-state index contributed by atoms with van der Waals surface area (Å²) in [6.45, 7) is 1.06. The highest BCUT2D eigenvalue weighted by Crippen LogP contribution is 2.41. The zero-order valence-corrected chi connectivity index (χ0v) is 23.0. The summed E-state index contributed by atoms with van der Waals surface area (Å²) in [5.41, 5.74) is 0.125. The monoisotopic (exact) mass is 726 g/mol. The normalized spacial score (nSPS) is 12.0. The van der Waals surface area contributed by atoms with Crippen LogP contribution in [0.5, 0.6) is 0 Å². The van der Waals surface area contributed by atoms with Crippen molar-refractivity contribution in [2.24, 2.45) is 0 Å². The molecule has 0 aliphatic rings. The highest BCUT2D eigenvalue weighted by atomic mass is 127. The highest BCUT2D eigenvalue weighted by Gasteiger charge is 2.62. The molecule has 0 aliphatic heterocycles. The van der Waals surface area contributed by atoms with E-state index >= 15 is 0 Å². The lowest BCUT2D eigenvalue weighted by Crippen LogP contribution is -2.35. The lowest BCUT2D eigenvalue weighted by atomic mass is 10.1. The van der Waals surface area contributed by atoms with Crippen molar-refractivity contribution in [1.82, 2.24) is 35.0 Å². The van der Waals surface area contributed by atoms with Crippen molar-refractivity contribution >= 4 is 56.1 Å². The number of alkyl halides is 5. The van der Waals surface area contributed by atoms with Crippen molar-refractivity contribution in [2.75, 3.05) is 5.32 Å². The molecule has 18 heteroatoms. The Hall–Kier alpha value is -3.55. The number of carbonyl (C=O) groups excluding carboxylic acids is 1. The van der Waals surface area contributed by atoms with Crippen LogP contribution in [0.3, 0.4) is 0 Å². The van der Waals surface area contributed by atoms with Crippen LogP contribution >= 0.6 is 38.5 Å². The lowest BCUT2D eigenvalue weighted by Gasteiger charge is -2.14. The number of anilines is 1. The number of rotatable bonds is 7. The van der Waals surface area contributed by atoms with Crippen LogP contribution in [0.1, 0.15) is 37.9 Å². The van der Waals surface area contributed by atoms with Gasteiger partial charge in [0, 0.05) is 9.77 Å². The summed E-state index contributed by atoms with van der Waals surface area (Å²) in [5, 5.41) is 25.5. The van der Waals surface area contributed by atoms with Gasteiger partial charge in [0.1, 0.15) is 12.2 Å². The van der Waals surface area contributed by atoms with Crippen LogP contribution in [0.25, 0.3) is 5.82 Å². The van der Waals surface area contributed by atoms with Crippen molar-refractivity contribution in [3.63, 3.8) is 0 Å². The first-order chi connectivity index (χ1) is 18.2. The summed E-state index contributed by atoms with van der Waals surface area (Å²) in [7, 11) is 0. The summed E-state index contributed by atoms with van der Waals surface area (Å²) in [6, 6.07) is 7.42. The summed E-state index contributed by atoms with van der Waals surface area (Å²) >= 11 is 5.23. The van der Waals surface area contributed by atoms with E-state index in [1.54, 1.807) is 25.1 Å². The molecule has 0 radical (unpaired) electrons. The summed E-state index contributed by atoms with van der Waals surface area (Å²) < 4.78 is 67.2. The van der Waals surface area contributed by atoms with Crippen LogP contribution in [-0.2, 0) is 12.5 Å². The molecule has 3 aromatic heterocycles. The number of tetrazole rings is 1. The van der Waals surface area contributed by atoms with Gasteiger partial charge in [-0.25, -0.2) is 14.5 Å². The first-order valence-corrected chi connectivity index (χ1v) is 12.3. The molecule has 4 rings (SSSR count). The van der Waals surface area contributed by atoms with E-state index in [9.17, 15) is 36.6 Å². The van der Waals surface area contributed by atoms with E-state index in [2.05, 4.69) is 46.7 Å². The van der Waals surface area contributed by atoms with E-state index in [4.69, 9.17) is 0 Å². The maximum atomic E-state index is 13.6. The van der Waals surface area contributed by atoms with Crippen LogP contribution in [-0.4, -0.2) is 58.1 Å². The Balaban J connectivity index is 1.74. The zero-order valence-electron chi connectivity index (χ0n) is 19.2. The molecule has 1 amide bonds. The van der Waals surface area contributed by atoms with Crippen molar-refractivity contribution in [3.8, 4) is 5.82 Å². The average molecular weight is 727 g/mol. The minimum Gasteiger partial charge on any atom is -0.478 e. The molecule has 2 N–H and O–H groups in total. The smallest absolute Gasteiger partial charge is 0.461 e. The van der Waals surface area contributed by atoms with Gasteiger partial charge < -0.3 is 10.4 Å². The fraction of sp³-hybridized carbons (Fsp3) is 0.190. The maximum Gasteiger partial charge on any atom is 0.461 e. The van der Waals surface area contributed by atoms with E-state index in [0.29, 0.717) is 18.4 Å². The molecule has 3 heterocycles. The minimum absolute atomic E-state index is 0.0271. The molecule has 0 atom stereocenters. The van der Waals surface area contributed by atoms with Crippen molar-refractivity contribution in [2.45, 2.75) is 25.6 Å². The molecule has 204 valence electrons. The predicted octanol–water partition coefficient (Wildman–Crippen LogP) is 4.58. The molecular weight excluding hydrogens is 714 g/mol. The SMILES string of the molecule is Cc1cc(I)cc(C(=O)O)c1NC(=O)c1cc(Cn2nnc(C(F)(F)C(F)(F)F)n2)nn1-c1ncccc1Br. The summed E-state index contributed by atoms with van der Waals surface area (Å²) in [5.74, 6) is -9.15. The molecular formula is C21H13BrF5IN8O3. The Bertz CT molecular complexity index is 1590. The van der Waals surface area contributed by atoms with Crippen LogP contribution in [0.2, 0.25) is 0 Å². The minimum atomic E-state index is -5.93. The third-order valence-electron chi connectivity index (χ3n) is 5.09. The van der Waals surface area contributed by atoms with E-state index in [0.717, 1.165) is 4.68 Å². The van der Waals surface area contributed by atoms with Crippen LogP contribution < -0.4 is 5.32 Å². The Kier molecular flexibility index (Phi) is 7.70. The summed E-state index contributed by atoms with van der Waals surface area (Å²) in [6.07, 6.45) is -4.53. The quantitative estimate of drug-likeness (QED) is 0.208. The van der Waals surface area contributed by atoms with E-state index in [-0.39, 0.29) is 28.5 Å². The van der Waals surface area contributed by atoms with E-state index < -0.39 is 36.3 Å². The Morgan fingerprint density at radius 1 is 1.15 bits per heavy atom. The zero-order chi connectivity index (χ0) is 28.7. The number of benzene rings is 1. The number of aryl methyl sites for hydroxylation is 1. The van der Waals surface area contributed by atoms with Crippen LogP contribution in [0, 0.1) is 10.5 Å². The number of carbonyl (C=O) groups is 2. The Morgan fingerprint density at radius 3 is 2.51 bits per heavy atom. The Morgan fingerprint density at radius 2 is 1.87 bits per heavy atom. The van der Waals surface area contributed by atoms with Gasteiger partial charge >= 0.3 is 18.1 Å². The first kappa shape index (κ1) is 28.5. The molecule has 0 unspecified atom stereocenters. The van der Waals surface area contributed by atoms with Gasteiger partial charge in [-0.15, -0.1) is 10.2 Å². The van der Waals surface area contributed by atoms with Crippen LogP contribution in [0.4, 0.5) is 27.6 Å². The second kappa shape index (κ2) is 10.5. The molecule has 4 aromatic rings. The largest absolute Gasteiger partial charge is 0.478 e. The maximum absolute atomic E-state index is 13.6. The standard InChI is InChI=1S/C21H13BrF5IN8O3/c1-9-5-10(28)6-12(18(38)39)15(9)30-17(37)14-7-11(32-36(14)16-13(22)3-2-4-29-16)8-35-33-19(31-34-35)20(23,24)21(25,26)27/h2-7H,8H2,1H3,(H,30,37)(H,38,39). The first-order valence-electron chi connectivity index (χ1n) is 10.5. The third kappa shape index (κ3) is 5.75. The molecule has 0 bridgehead atoms. The van der Waals surface area contributed by atoms with Crippen molar-refractivity contribution in [3.05, 3.63) is 72.9 Å². The molecule has 0 aliphatic carbocycles. The molecule has 0 spiro atoms. The number of aromatic nitrogens is 7. The average Bonchev–Trinajstić information content (AvgIpc) is 3.48. The molecule has 1 aromatic carbocycles. The number of halogens is 7. The topological polar surface area (TPSA) is 141 Å². The number of nitrogens with zero attached hydrogens (tertiary/aromatic N) is 7. The number of amides is 1. The molecule has 0 saturated carbocycles. The van der Waals surface area contributed by atoms with Gasteiger partial charge in [0.2, 0.25) is 0 Å². The van der Waals surface area contributed by atoms with Gasteiger partial charge in [0.25, 0.3) is 11.7 Å². The number of nitrogens with one attached hydrogen (secondary N) is 1. The van der Waals surface area contributed by atoms with E-state index in [1.165, 1.54) is 18.3 Å². The third-order valence-corrected chi connectivity index (χ3v) is 6.34. The second-order valence-electron chi connectivity index (χ2n) is 7.86. The van der Waals surface area contributed by atoms with Gasteiger partial charge in [-0.2, -0.15) is 31.8 Å². The number of aromatic carboxylic acids is 1. The molecule has 39 heavy (non-hydrogen) atoms. The summed E-state index contributed by atoms with van der Waals surface area (Å²) in [4.78, 5) is 29.8. The van der Waals surface area contributed by atoms with Gasteiger partial charge in [0.05, 0.1) is 21.4 Å². The lowest BCUT2D eigenvalue weighted by molar-refractivity contribution is -0.292. The molecule has 0 saturated heterocycles. The number of carboxylic acids is 1. The van der Waals surface area contributed by atoms with Gasteiger partial charge in [-0.1, -0.05) is 0 Å². The number of hydrogen-bond acceptors (Lipinski definition) is 7. The van der Waals surface area contributed by atoms with Gasteiger partial charge in [-0.05, 0) is 86.6 Å². The molecule has 11 nitrogen and oxygen atoms in total.